The number of rotatable bonds is 24. The van der Waals surface area contributed by atoms with Crippen LogP contribution < -0.4 is 31.5 Å². The predicted molar refractivity (Wildman–Crippen MR) is 268 cm³/mol. The molecule has 400 valence electrons. The number of alkyl halides is 3. The number of carbonyl (C=O) groups is 7. The first kappa shape index (κ1) is 55.4. The second-order valence-corrected chi connectivity index (χ2v) is 20.8. The first-order valence-corrected chi connectivity index (χ1v) is 26.1. The van der Waals surface area contributed by atoms with Gasteiger partial charge in [0.15, 0.2) is 0 Å². The normalized spacial score (nSPS) is 18.6. The summed E-state index contributed by atoms with van der Waals surface area (Å²) in [5, 5.41) is 22.1. The summed E-state index contributed by atoms with van der Waals surface area (Å²) >= 11 is 1.37. The van der Waals surface area contributed by atoms with E-state index in [1.54, 1.807) is 23.0 Å². The third kappa shape index (κ3) is 13.8. The van der Waals surface area contributed by atoms with Crippen LogP contribution in [-0.2, 0) is 71.7 Å². The largest absolute Gasteiger partial charge is 0.416 e. The van der Waals surface area contributed by atoms with E-state index in [-0.39, 0.29) is 60.1 Å². The first-order valence-electron chi connectivity index (χ1n) is 24.9. The Morgan fingerprint density at radius 2 is 1.62 bits per heavy atom. The van der Waals surface area contributed by atoms with Crippen LogP contribution in [0.1, 0.15) is 105 Å². The van der Waals surface area contributed by atoms with Gasteiger partial charge in [-0.15, -0.1) is 22.0 Å². The fourth-order valence-corrected chi connectivity index (χ4v) is 10.0. The van der Waals surface area contributed by atoms with Gasteiger partial charge in [0.2, 0.25) is 23.6 Å². The Kier molecular flexibility index (Phi) is 18.2. The van der Waals surface area contributed by atoms with Crippen molar-refractivity contribution in [3.8, 4) is 0 Å². The van der Waals surface area contributed by atoms with Gasteiger partial charge in [0.25, 0.3) is 17.7 Å². The molecule has 20 nitrogen and oxygen atoms in total. The summed E-state index contributed by atoms with van der Waals surface area (Å²) in [5.41, 5.74) is -0.292. The third-order valence-electron chi connectivity index (χ3n) is 13.7. The lowest BCUT2D eigenvalue weighted by molar-refractivity contribution is -0.138. The number of likely N-dealkylation sites (tertiary alicyclic amines) is 1. The molecule has 2 fully saturated rings. The number of benzene rings is 1. The van der Waals surface area contributed by atoms with Crippen LogP contribution in [0.5, 0.6) is 0 Å². The van der Waals surface area contributed by atoms with Gasteiger partial charge in [0.1, 0.15) is 41.9 Å². The Hall–Kier alpha value is -6.40. The molecule has 0 spiro atoms. The maximum atomic E-state index is 14.8. The number of hydrogen-bond donors (Lipinski definition) is 5. The summed E-state index contributed by atoms with van der Waals surface area (Å²) in [6.45, 7) is 9.36. The van der Waals surface area contributed by atoms with E-state index in [0.29, 0.717) is 80.9 Å². The van der Waals surface area contributed by atoms with Crippen LogP contribution in [0.3, 0.4) is 0 Å². The Bertz CT molecular complexity index is 2610. The molecule has 2 saturated heterocycles. The molecule has 5 N–H and O–H groups in total. The molecule has 0 aliphatic carbocycles. The van der Waals surface area contributed by atoms with E-state index in [4.69, 9.17) is 9.72 Å². The van der Waals surface area contributed by atoms with Crippen molar-refractivity contribution < 1.29 is 51.5 Å². The number of anilines is 2. The minimum absolute atomic E-state index is 0.0115. The number of piperidine rings is 1. The number of hydrogen-bond acceptors (Lipinski definition) is 14. The van der Waals surface area contributed by atoms with Crippen molar-refractivity contribution in [2.75, 3.05) is 61.2 Å². The lowest BCUT2D eigenvalue weighted by atomic mass is 9.75. The summed E-state index contributed by atoms with van der Waals surface area (Å²) in [6, 6.07) is 3.44. The van der Waals surface area contributed by atoms with Crippen LogP contribution in [-0.4, -0.2) is 140 Å². The number of ether oxygens (including phenoxy) is 1. The number of nitrogens with zero attached hydrogens (tertiary/aromatic N) is 7. The van der Waals surface area contributed by atoms with Crippen molar-refractivity contribution in [2.24, 2.45) is 13.0 Å². The molecule has 7 amide bonds. The van der Waals surface area contributed by atoms with Gasteiger partial charge in [0, 0.05) is 75.0 Å². The van der Waals surface area contributed by atoms with Crippen molar-refractivity contribution in [3.05, 3.63) is 76.4 Å². The van der Waals surface area contributed by atoms with E-state index >= 15 is 0 Å². The van der Waals surface area contributed by atoms with Gasteiger partial charge in [-0.2, -0.15) is 13.2 Å². The molecule has 0 bridgehead atoms. The average Bonchev–Trinajstić information content (AvgIpc) is 4.01. The fraction of sp³-hybridized carbons (Fsp3) is 0.560. The van der Waals surface area contributed by atoms with Crippen LogP contribution >= 0.6 is 11.8 Å². The number of aromatic nitrogens is 4. The molecule has 74 heavy (non-hydrogen) atoms. The maximum Gasteiger partial charge on any atom is 0.416 e. The summed E-state index contributed by atoms with van der Waals surface area (Å²) < 4.78 is 51.8. The van der Waals surface area contributed by atoms with Crippen molar-refractivity contribution >= 4 is 64.7 Å². The van der Waals surface area contributed by atoms with Gasteiger partial charge in [-0.1, -0.05) is 13.3 Å². The van der Waals surface area contributed by atoms with Gasteiger partial charge in [-0.3, -0.25) is 48.3 Å². The van der Waals surface area contributed by atoms with Crippen LogP contribution in [0.25, 0.3) is 0 Å². The highest BCUT2D eigenvalue weighted by Gasteiger charge is 2.45. The van der Waals surface area contributed by atoms with Crippen LogP contribution in [0.15, 0.2) is 42.7 Å². The van der Waals surface area contributed by atoms with E-state index in [1.807, 2.05) is 13.1 Å². The molecule has 2 aromatic heterocycles. The molecule has 24 heteroatoms. The number of halogens is 3. The number of thioether (sulfide) groups is 1. The number of pyridine rings is 1. The van der Waals surface area contributed by atoms with Gasteiger partial charge in [0.05, 0.1) is 31.2 Å². The molecule has 3 unspecified atom stereocenters. The van der Waals surface area contributed by atoms with Crippen LogP contribution in [0.2, 0.25) is 0 Å². The third-order valence-corrected chi connectivity index (χ3v) is 14.5. The monoisotopic (exact) mass is 1050 g/mol. The van der Waals surface area contributed by atoms with Crippen molar-refractivity contribution in [1.29, 1.82) is 0 Å². The average molecular weight is 1050 g/mol. The zero-order valence-corrected chi connectivity index (χ0v) is 43.1. The molecule has 4 aliphatic heterocycles. The number of nitrogens with one attached hydrogen (secondary N) is 5. The zero-order valence-electron chi connectivity index (χ0n) is 42.3. The molecule has 0 radical (unpaired) electrons. The molecule has 7 rings (SSSR count). The topological polar surface area (TPSA) is 242 Å². The molecule has 1 aromatic carbocycles. The standard InChI is InChI=1S/C50H65F3N12O8S/c1-30-10-9-15-63(23-30)24-34-18-36-37(38(19-34)50(51,52)53)25-65(48(36)72)40-21-35(49(26-73-27-49)22-41-61-56-28-62(41)5)20-39(60-40)54-14-17-74-29-55-45(69)31(2)58-47(71)33(4)59-46(70)32(3)57-42(66)11-7-6-8-16-64-43(67)12-13-44(64)68/h12-13,18-21,28,30-33H,6-11,14-17,22-27,29H2,1-5H3,(H,54,60)(H,55,69)(H,57,66)(H,58,71)(H,59,70)/t30-,31?,32?,33?/m0/s1. The first-order chi connectivity index (χ1) is 35.2. The number of unbranched alkanes of at least 4 members (excludes halogenated alkanes) is 2. The van der Waals surface area contributed by atoms with Crippen molar-refractivity contribution in [1.82, 2.24) is 50.8 Å². The quantitative estimate of drug-likeness (QED) is 0.0492. The van der Waals surface area contributed by atoms with Gasteiger partial charge in [-0.25, -0.2) is 4.98 Å². The van der Waals surface area contributed by atoms with Crippen molar-refractivity contribution in [2.45, 2.75) is 115 Å². The Morgan fingerprint density at radius 1 is 0.919 bits per heavy atom. The molecular formula is C50H65F3N12O8S. The molecular weight excluding hydrogens is 986 g/mol. The molecule has 3 aromatic rings. The second kappa shape index (κ2) is 24.3. The highest BCUT2D eigenvalue weighted by molar-refractivity contribution is 7.99. The zero-order chi connectivity index (χ0) is 53.3. The SMILES string of the molecule is CC(NC(=O)CCCCCN1C(=O)C=CC1=O)C(=O)NC(C)C(=O)NC(C)C(=O)NCSCCNc1cc(C2(Cc3nncn3C)COC2)cc(N2Cc3c(cc(CN4CCC[C@H](C)C4)cc3C(F)(F)F)C2=O)n1. The Balaban J connectivity index is 0.900. The number of carbonyl (C=O) groups excluding carboxylic acids is 7. The molecule has 4 aliphatic rings. The lowest BCUT2D eigenvalue weighted by Crippen LogP contribution is -2.54. The van der Waals surface area contributed by atoms with Gasteiger partial charge >= 0.3 is 6.18 Å². The Morgan fingerprint density at radius 3 is 2.27 bits per heavy atom. The van der Waals surface area contributed by atoms with Crippen molar-refractivity contribution in [3.63, 3.8) is 0 Å². The summed E-state index contributed by atoms with van der Waals surface area (Å²) in [6.07, 6.45) is 3.54. The summed E-state index contributed by atoms with van der Waals surface area (Å²) in [5.74, 6) is -0.992. The highest BCUT2D eigenvalue weighted by atomic mass is 32.2. The minimum Gasteiger partial charge on any atom is -0.379 e. The van der Waals surface area contributed by atoms with Crippen LogP contribution in [0, 0.1) is 5.92 Å². The molecule has 0 saturated carbocycles. The number of fused-ring (bicyclic) bond motifs is 1. The van der Waals surface area contributed by atoms with Crippen LogP contribution in [0.4, 0.5) is 24.8 Å². The smallest absolute Gasteiger partial charge is 0.379 e. The molecule has 6 heterocycles. The van der Waals surface area contributed by atoms with Gasteiger partial charge in [-0.05, 0) is 99.9 Å². The lowest BCUT2D eigenvalue weighted by Gasteiger charge is -2.42. The second-order valence-electron chi connectivity index (χ2n) is 19.7. The van der Waals surface area contributed by atoms with E-state index in [2.05, 4.69) is 48.6 Å². The predicted octanol–water partition coefficient (Wildman–Crippen LogP) is 3.35. The van der Waals surface area contributed by atoms with E-state index < -0.39 is 58.9 Å². The number of aryl methyl sites for hydroxylation is 1. The highest BCUT2D eigenvalue weighted by Crippen LogP contribution is 2.42. The Labute approximate surface area is 431 Å². The summed E-state index contributed by atoms with van der Waals surface area (Å²) in [7, 11) is 1.83. The van der Waals surface area contributed by atoms with E-state index in [9.17, 15) is 46.7 Å². The maximum absolute atomic E-state index is 14.8. The molecule has 4 atom stereocenters. The number of imide groups is 1. The van der Waals surface area contributed by atoms with Gasteiger partial charge < -0.3 is 35.9 Å². The van der Waals surface area contributed by atoms with E-state index in [0.717, 1.165) is 36.4 Å². The fourth-order valence-electron chi connectivity index (χ4n) is 9.40. The summed E-state index contributed by atoms with van der Waals surface area (Å²) in [4.78, 5) is 98.0. The minimum atomic E-state index is -4.69. The number of amides is 7. The van der Waals surface area contributed by atoms with E-state index in [1.165, 1.54) is 55.7 Å².